The second-order valence-electron chi connectivity index (χ2n) is 9.27. The third-order valence-corrected chi connectivity index (χ3v) is 9.12. The molecule has 0 unspecified atom stereocenters. The van der Waals surface area contributed by atoms with E-state index >= 15 is 0 Å². The van der Waals surface area contributed by atoms with Gasteiger partial charge in [0.2, 0.25) is 0 Å². The molecule has 0 fully saturated rings. The molecule has 0 spiro atoms. The first-order valence-corrected chi connectivity index (χ1v) is 13.6. The molecule has 2 amide bonds. The van der Waals surface area contributed by atoms with E-state index in [-0.39, 0.29) is 4.21 Å². The quantitative estimate of drug-likeness (QED) is 0.365. The number of hydrogen-bond acceptors (Lipinski definition) is 6. The number of nitrogens with one attached hydrogen (secondary N) is 2. The minimum absolute atomic E-state index is 0.0385. The van der Waals surface area contributed by atoms with Crippen LogP contribution in [0.1, 0.15) is 37.0 Å². The van der Waals surface area contributed by atoms with Crippen molar-refractivity contribution in [2.75, 3.05) is 5.32 Å². The highest BCUT2D eigenvalue weighted by atomic mass is 32.2. The van der Waals surface area contributed by atoms with Gasteiger partial charge in [0.25, 0.3) is 10.0 Å². The van der Waals surface area contributed by atoms with Crippen molar-refractivity contribution >= 4 is 44.1 Å². The highest BCUT2D eigenvalue weighted by Gasteiger charge is 2.26. The molecule has 3 heterocycles. The van der Waals surface area contributed by atoms with Gasteiger partial charge in [-0.15, -0.1) is 11.3 Å². The number of pyridine rings is 1. The molecule has 0 saturated heterocycles. The summed E-state index contributed by atoms with van der Waals surface area (Å²) in [6.07, 6.45) is 6.35. The van der Waals surface area contributed by atoms with Gasteiger partial charge in [-0.25, -0.2) is 22.9 Å². The van der Waals surface area contributed by atoms with Crippen molar-refractivity contribution in [1.82, 2.24) is 14.3 Å². The van der Waals surface area contributed by atoms with E-state index in [4.69, 9.17) is 0 Å². The number of aromatic nitrogens is 2. The maximum absolute atomic E-state index is 13.0. The van der Waals surface area contributed by atoms with E-state index in [0.717, 1.165) is 63.9 Å². The number of aliphatic hydroxyl groups is 1. The average molecular weight is 511 g/mol. The van der Waals surface area contributed by atoms with Crippen LogP contribution in [0.25, 0.3) is 22.2 Å². The monoisotopic (exact) mass is 510 g/mol. The molecule has 0 atom stereocenters. The van der Waals surface area contributed by atoms with Crippen LogP contribution in [0.2, 0.25) is 0 Å². The van der Waals surface area contributed by atoms with Gasteiger partial charge in [0.1, 0.15) is 9.86 Å². The Hall–Kier alpha value is -3.21. The second kappa shape index (κ2) is 8.47. The summed E-state index contributed by atoms with van der Waals surface area (Å²) in [5.74, 6) is 0. The number of hydrogen-bond donors (Lipinski definition) is 3. The largest absolute Gasteiger partial charge is 0.386 e. The Morgan fingerprint density at radius 2 is 1.97 bits per heavy atom. The number of carbonyl (C=O) groups is 1. The Bertz CT molecular complexity index is 1560. The maximum atomic E-state index is 13.0. The minimum atomic E-state index is -4.11. The molecule has 4 aromatic rings. The average Bonchev–Trinajstić information content (AvgIpc) is 3.53. The Morgan fingerprint density at radius 3 is 2.71 bits per heavy atom. The van der Waals surface area contributed by atoms with Gasteiger partial charge in [-0.2, -0.15) is 0 Å². The molecule has 1 aliphatic carbocycles. The lowest BCUT2D eigenvalue weighted by molar-refractivity contribution is 0.0789. The number of aryl methyl sites for hydroxylation is 2. The molecular formula is C25H26N4O4S2. The van der Waals surface area contributed by atoms with Gasteiger partial charge in [0.05, 0.1) is 11.3 Å². The fraction of sp³-hybridized carbons (Fsp3) is 0.280. The van der Waals surface area contributed by atoms with E-state index in [1.54, 1.807) is 25.4 Å². The summed E-state index contributed by atoms with van der Waals surface area (Å²) in [4.78, 5) is 17.5. The molecule has 35 heavy (non-hydrogen) atoms. The Balaban J connectivity index is 1.50. The van der Waals surface area contributed by atoms with Crippen LogP contribution in [0.5, 0.6) is 0 Å². The number of rotatable bonds is 5. The van der Waals surface area contributed by atoms with Crippen molar-refractivity contribution in [3.63, 3.8) is 0 Å². The van der Waals surface area contributed by atoms with Gasteiger partial charge in [0, 0.05) is 30.4 Å². The minimum Gasteiger partial charge on any atom is -0.386 e. The summed E-state index contributed by atoms with van der Waals surface area (Å²) < 4.78 is 29.8. The number of urea groups is 1. The number of thiophene rings is 1. The first-order valence-electron chi connectivity index (χ1n) is 11.2. The fourth-order valence-electron chi connectivity index (χ4n) is 4.52. The highest BCUT2D eigenvalue weighted by molar-refractivity contribution is 7.92. The Morgan fingerprint density at radius 1 is 1.17 bits per heavy atom. The summed E-state index contributed by atoms with van der Waals surface area (Å²) in [5, 5.41) is 15.5. The summed E-state index contributed by atoms with van der Waals surface area (Å²) in [7, 11) is -2.19. The van der Waals surface area contributed by atoms with Crippen molar-refractivity contribution in [1.29, 1.82) is 0 Å². The van der Waals surface area contributed by atoms with Crippen molar-refractivity contribution in [2.45, 2.75) is 42.9 Å². The van der Waals surface area contributed by atoms with Crippen molar-refractivity contribution in [2.24, 2.45) is 7.05 Å². The van der Waals surface area contributed by atoms with Crippen LogP contribution in [0.15, 0.2) is 52.3 Å². The van der Waals surface area contributed by atoms with E-state index in [9.17, 15) is 18.3 Å². The zero-order chi connectivity index (χ0) is 25.0. The smallest absolute Gasteiger partial charge is 0.333 e. The SMILES string of the molecule is Cn1ccc2c(-c3ccc4c(c3NC(=O)NS(=O)(=O)c3cc(C(C)(C)O)cs3)CCC4)ccnc21. The summed E-state index contributed by atoms with van der Waals surface area (Å²) in [6, 6.07) is 8.50. The lowest BCUT2D eigenvalue weighted by Crippen LogP contribution is -2.34. The number of sulfonamides is 1. The molecule has 182 valence electrons. The van der Waals surface area contributed by atoms with Gasteiger partial charge in [-0.05, 0) is 78.9 Å². The molecule has 0 aliphatic heterocycles. The molecule has 1 aromatic carbocycles. The lowest BCUT2D eigenvalue weighted by Gasteiger charge is -2.17. The van der Waals surface area contributed by atoms with E-state index in [1.807, 2.05) is 36.0 Å². The number of amides is 2. The van der Waals surface area contributed by atoms with Crippen LogP contribution >= 0.6 is 11.3 Å². The molecule has 5 rings (SSSR count). The zero-order valence-corrected chi connectivity index (χ0v) is 21.3. The highest BCUT2D eigenvalue weighted by Crippen LogP contribution is 2.40. The van der Waals surface area contributed by atoms with Gasteiger partial charge < -0.3 is 15.0 Å². The first kappa shape index (κ1) is 23.5. The van der Waals surface area contributed by atoms with Crippen molar-refractivity contribution in [3.05, 3.63) is 64.8 Å². The number of fused-ring (bicyclic) bond motifs is 2. The topological polar surface area (TPSA) is 113 Å². The summed E-state index contributed by atoms with van der Waals surface area (Å²) >= 11 is 0.956. The Labute approximate surface area is 207 Å². The van der Waals surface area contributed by atoms with Crippen LogP contribution in [0.3, 0.4) is 0 Å². The van der Waals surface area contributed by atoms with Crippen LogP contribution in [0, 0.1) is 0 Å². The van der Waals surface area contributed by atoms with Crippen molar-refractivity contribution in [3.8, 4) is 11.1 Å². The number of carbonyl (C=O) groups excluding carboxylic acids is 1. The third-order valence-electron chi connectivity index (χ3n) is 6.35. The molecule has 3 aromatic heterocycles. The zero-order valence-electron chi connectivity index (χ0n) is 19.6. The Kier molecular flexibility index (Phi) is 5.70. The predicted molar refractivity (Wildman–Crippen MR) is 137 cm³/mol. The number of anilines is 1. The molecule has 0 radical (unpaired) electrons. The molecule has 8 nitrogen and oxygen atoms in total. The molecule has 1 aliphatic rings. The van der Waals surface area contributed by atoms with E-state index in [2.05, 4.69) is 21.1 Å². The van der Waals surface area contributed by atoms with E-state index < -0.39 is 21.7 Å². The van der Waals surface area contributed by atoms with Crippen LogP contribution < -0.4 is 10.0 Å². The van der Waals surface area contributed by atoms with Gasteiger partial charge in [-0.3, -0.25) is 0 Å². The molecule has 10 heteroatoms. The van der Waals surface area contributed by atoms with Crippen LogP contribution in [-0.4, -0.2) is 29.1 Å². The lowest BCUT2D eigenvalue weighted by atomic mass is 9.96. The second-order valence-corrected chi connectivity index (χ2v) is 12.1. The molecule has 0 bridgehead atoms. The van der Waals surface area contributed by atoms with Gasteiger partial charge in [-0.1, -0.05) is 12.1 Å². The maximum Gasteiger partial charge on any atom is 0.333 e. The van der Waals surface area contributed by atoms with Crippen LogP contribution in [0.4, 0.5) is 10.5 Å². The number of benzene rings is 1. The van der Waals surface area contributed by atoms with E-state index in [1.165, 1.54) is 6.07 Å². The molecule has 3 N–H and O–H groups in total. The van der Waals surface area contributed by atoms with Gasteiger partial charge in [0.15, 0.2) is 0 Å². The molecule has 0 saturated carbocycles. The molecular weight excluding hydrogens is 484 g/mol. The first-order chi connectivity index (χ1) is 16.5. The predicted octanol–water partition coefficient (Wildman–Crippen LogP) is 4.53. The summed E-state index contributed by atoms with van der Waals surface area (Å²) in [6.45, 7) is 3.15. The van der Waals surface area contributed by atoms with Crippen LogP contribution in [-0.2, 0) is 35.5 Å². The summed E-state index contributed by atoms with van der Waals surface area (Å²) in [5.41, 5.74) is 4.63. The third kappa shape index (κ3) is 4.33. The normalized spacial score (nSPS) is 13.7. The standard InChI is InChI=1S/C25H26N4O4S2/c1-25(2,31)16-13-21(34-14-16)35(32,33)28-24(30)27-22-17-6-4-5-15(17)7-8-19(22)18-9-11-26-23-20(18)10-12-29(23)3/h7-14,31H,4-6H2,1-3H3,(H2,27,28,30). The van der Waals surface area contributed by atoms with E-state index in [0.29, 0.717) is 11.3 Å². The van der Waals surface area contributed by atoms with Gasteiger partial charge >= 0.3 is 6.03 Å². The van der Waals surface area contributed by atoms with Crippen molar-refractivity contribution < 1.29 is 18.3 Å². The number of nitrogens with zero attached hydrogens (tertiary/aromatic N) is 2. The fourth-order valence-corrected chi connectivity index (χ4v) is 6.77.